The van der Waals surface area contributed by atoms with Gasteiger partial charge in [0, 0.05) is 16.4 Å². The van der Waals surface area contributed by atoms with Gasteiger partial charge in [-0.1, -0.05) is 23.7 Å². The Hall–Kier alpha value is -3.39. The third kappa shape index (κ3) is 6.40. The first-order valence-electron chi connectivity index (χ1n) is 8.22. The summed E-state index contributed by atoms with van der Waals surface area (Å²) in [6, 6.07) is 13.3. The van der Waals surface area contributed by atoms with Crippen LogP contribution in [-0.2, 0) is 14.4 Å². The molecule has 8 nitrogen and oxygen atoms in total. The van der Waals surface area contributed by atoms with Crippen LogP contribution in [0.4, 0.5) is 11.4 Å². The van der Waals surface area contributed by atoms with Crippen molar-refractivity contribution in [2.24, 2.45) is 5.10 Å². The van der Waals surface area contributed by atoms with E-state index in [4.69, 9.17) is 16.3 Å². The average Bonchev–Trinajstić information content (AvgIpc) is 2.68. The van der Waals surface area contributed by atoms with Crippen molar-refractivity contribution in [3.8, 4) is 5.75 Å². The minimum Gasteiger partial charge on any atom is -0.495 e. The Morgan fingerprint density at radius 3 is 2.36 bits per heavy atom. The monoisotopic (exact) mass is 402 g/mol. The van der Waals surface area contributed by atoms with Crippen LogP contribution >= 0.6 is 11.6 Å². The van der Waals surface area contributed by atoms with E-state index in [-0.39, 0.29) is 12.3 Å². The van der Waals surface area contributed by atoms with E-state index in [0.29, 0.717) is 27.9 Å². The Morgan fingerprint density at radius 2 is 1.68 bits per heavy atom. The highest BCUT2D eigenvalue weighted by atomic mass is 35.5. The average molecular weight is 403 g/mol. The van der Waals surface area contributed by atoms with Gasteiger partial charge >= 0.3 is 11.8 Å². The van der Waals surface area contributed by atoms with E-state index >= 15 is 0 Å². The van der Waals surface area contributed by atoms with Crippen LogP contribution < -0.4 is 20.8 Å². The normalized spacial score (nSPS) is 10.8. The first-order chi connectivity index (χ1) is 13.4. The number of carbonyl (C=O) groups excluding carboxylic acids is 3. The number of hydrazone groups is 1. The molecule has 0 aromatic heterocycles. The Morgan fingerprint density at radius 1 is 1.00 bits per heavy atom. The summed E-state index contributed by atoms with van der Waals surface area (Å²) in [5.74, 6) is -1.78. The van der Waals surface area contributed by atoms with Crippen LogP contribution in [0, 0.1) is 0 Å². The van der Waals surface area contributed by atoms with E-state index < -0.39 is 11.8 Å². The van der Waals surface area contributed by atoms with E-state index in [1.165, 1.54) is 7.11 Å². The number of carbonyl (C=O) groups is 3. The van der Waals surface area contributed by atoms with E-state index in [2.05, 4.69) is 21.2 Å². The van der Waals surface area contributed by atoms with Gasteiger partial charge in [0.1, 0.15) is 5.75 Å². The van der Waals surface area contributed by atoms with Crippen molar-refractivity contribution in [1.29, 1.82) is 0 Å². The number of methoxy groups -OCH3 is 1. The van der Waals surface area contributed by atoms with Gasteiger partial charge in [-0.3, -0.25) is 14.4 Å². The molecule has 0 saturated carbocycles. The van der Waals surface area contributed by atoms with Crippen LogP contribution in [0.15, 0.2) is 53.6 Å². The lowest BCUT2D eigenvalue weighted by Gasteiger charge is -2.09. The molecule has 28 heavy (non-hydrogen) atoms. The second kappa shape index (κ2) is 10.1. The number of benzene rings is 2. The lowest BCUT2D eigenvalue weighted by molar-refractivity contribution is -0.136. The number of ether oxygens (including phenoxy) is 1. The fraction of sp³-hybridized carbons (Fsp3) is 0.158. The molecule has 3 N–H and O–H groups in total. The summed E-state index contributed by atoms with van der Waals surface area (Å²) in [7, 11) is 1.45. The molecular weight excluding hydrogens is 384 g/mol. The molecule has 0 aliphatic rings. The molecule has 0 heterocycles. The molecule has 0 aliphatic carbocycles. The minimum absolute atomic E-state index is 0.0585. The Kier molecular flexibility index (Phi) is 7.53. The van der Waals surface area contributed by atoms with Crippen LogP contribution in [0.25, 0.3) is 0 Å². The number of rotatable bonds is 6. The predicted octanol–water partition coefficient (Wildman–Crippen LogP) is 2.81. The van der Waals surface area contributed by atoms with Gasteiger partial charge < -0.3 is 15.4 Å². The number of hydrogen-bond acceptors (Lipinski definition) is 5. The third-order valence-electron chi connectivity index (χ3n) is 3.45. The fourth-order valence-electron chi connectivity index (χ4n) is 2.13. The van der Waals surface area contributed by atoms with Crippen molar-refractivity contribution in [3.05, 3.63) is 53.6 Å². The van der Waals surface area contributed by atoms with E-state index in [0.717, 1.165) is 0 Å². The molecule has 0 saturated heterocycles. The third-order valence-corrected chi connectivity index (χ3v) is 3.71. The summed E-state index contributed by atoms with van der Waals surface area (Å²) < 4.78 is 5.10. The number of nitrogens with one attached hydrogen (secondary N) is 3. The lowest BCUT2D eigenvalue weighted by atomic mass is 10.2. The lowest BCUT2D eigenvalue weighted by Crippen LogP contribution is -2.33. The molecule has 0 atom stereocenters. The summed E-state index contributed by atoms with van der Waals surface area (Å²) in [5.41, 5.74) is 3.38. The molecule has 2 aromatic carbocycles. The van der Waals surface area contributed by atoms with Crippen molar-refractivity contribution >= 4 is 46.4 Å². The van der Waals surface area contributed by atoms with Crippen LogP contribution in [0.5, 0.6) is 5.75 Å². The zero-order chi connectivity index (χ0) is 20.5. The first kappa shape index (κ1) is 20.9. The number of para-hydroxylation sites is 2. The van der Waals surface area contributed by atoms with Gasteiger partial charge in [-0.2, -0.15) is 5.10 Å². The molecule has 2 rings (SSSR count). The van der Waals surface area contributed by atoms with Crippen LogP contribution in [-0.4, -0.2) is 30.5 Å². The smallest absolute Gasteiger partial charge is 0.329 e. The van der Waals surface area contributed by atoms with Crippen molar-refractivity contribution in [3.63, 3.8) is 0 Å². The van der Waals surface area contributed by atoms with Gasteiger partial charge in [0.05, 0.1) is 19.2 Å². The molecule has 0 fully saturated rings. The molecule has 0 spiro atoms. The number of amides is 3. The summed E-state index contributed by atoms with van der Waals surface area (Å²) in [6.07, 6.45) is -0.0585. The number of hydrogen-bond donors (Lipinski definition) is 3. The van der Waals surface area contributed by atoms with Gasteiger partial charge in [0.2, 0.25) is 5.91 Å². The van der Waals surface area contributed by atoms with Gasteiger partial charge in [-0.25, -0.2) is 5.43 Å². The Bertz CT molecular complexity index is 897. The quantitative estimate of drug-likeness (QED) is 0.392. The highest BCUT2D eigenvalue weighted by Crippen LogP contribution is 2.22. The summed E-state index contributed by atoms with van der Waals surface area (Å²) in [6.45, 7) is 1.56. The highest BCUT2D eigenvalue weighted by Gasteiger charge is 2.15. The number of halogens is 1. The minimum atomic E-state index is -0.969. The standard InChI is InChI=1S/C19H19ClN4O4/c1-12(11-17(25)21-14-9-7-13(20)8-10-14)23-24-19(27)18(26)22-15-5-3-4-6-16(15)28-2/h3-10H,11H2,1-2H3,(H,21,25)(H,22,26)(H,24,27)/b23-12-. The highest BCUT2D eigenvalue weighted by molar-refractivity contribution is 6.39. The van der Waals surface area contributed by atoms with Crippen molar-refractivity contribution in [2.75, 3.05) is 17.7 Å². The summed E-state index contributed by atoms with van der Waals surface area (Å²) >= 11 is 5.79. The SMILES string of the molecule is COc1ccccc1NC(=O)C(=O)N/N=C(/C)CC(=O)Nc1ccc(Cl)cc1. The zero-order valence-electron chi connectivity index (χ0n) is 15.3. The second-order valence-corrected chi connectivity index (χ2v) is 6.11. The van der Waals surface area contributed by atoms with Crippen LogP contribution in [0.2, 0.25) is 5.02 Å². The topological polar surface area (TPSA) is 109 Å². The van der Waals surface area contributed by atoms with Gasteiger partial charge in [0.15, 0.2) is 0 Å². The maximum atomic E-state index is 12.0. The Balaban J connectivity index is 1.85. The van der Waals surface area contributed by atoms with Crippen molar-refractivity contribution < 1.29 is 19.1 Å². The fourth-order valence-corrected chi connectivity index (χ4v) is 2.26. The zero-order valence-corrected chi connectivity index (χ0v) is 16.0. The molecular formula is C19H19ClN4O4. The predicted molar refractivity (Wildman–Crippen MR) is 108 cm³/mol. The second-order valence-electron chi connectivity index (χ2n) is 5.67. The van der Waals surface area contributed by atoms with Crippen LogP contribution in [0.1, 0.15) is 13.3 Å². The molecule has 2 aromatic rings. The molecule has 0 unspecified atom stereocenters. The molecule has 0 aliphatic heterocycles. The molecule has 0 bridgehead atoms. The molecule has 146 valence electrons. The summed E-state index contributed by atoms with van der Waals surface area (Å²) in [4.78, 5) is 35.8. The number of anilines is 2. The van der Waals surface area contributed by atoms with E-state index in [1.54, 1.807) is 55.5 Å². The van der Waals surface area contributed by atoms with Crippen LogP contribution in [0.3, 0.4) is 0 Å². The molecule has 3 amide bonds. The summed E-state index contributed by atoms with van der Waals surface area (Å²) in [5, 5.41) is 9.43. The maximum Gasteiger partial charge on any atom is 0.329 e. The van der Waals surface area contributed by atoms with Gasteiger partial charge in [-0.15, -0.1) is 0 Å². The van der Waals surface area contributed by atoms with Gasteiger partial charge in [-0.05, 0) is 43.3 Å². The van der Waals surface area contributed by atoms with E-state index in [9.17, 15) is 14.4 Å². The molecule has 9 heteroatoms. The van der Waals surface area contributed by atoms with Crippen molar-refractivity contribution in [2.45, 2.75) is 13.3 Å². The molecule has 0 radical (unpaired) electrons. The first-order valence-corrected chi connectivity index (χ1v) is 8.59. The van der Waals surface area contributed by atoms with Gasteiger partial charge in [0.25, 0.3) is 0 Å². The van der Waals surface area contributed by atoms with E-state index in [1.807, 2.05) is 0 Å². The maximum absolute atomic E-state index is 12.0. The Labute approximate surface area is 166 Å². The van der Waals surface area contributed by atoms with Crippen molar-refractivity contribution in [1.82, 2.24) is 5.43 Å². The number of nitrogens with zero attached hydrogens (tertiary/aromatic N) is 1. The largest absolute Gasteiger partial charge is 0.495 e.